The fourth-order valence-electron chi connectivity index (χ4n) is 16.4. The average molecular weight is 1820 g/mol. The quantitative estimate of drug-likeness (QED) is 0.0153. The van der Waals surface area contributed by atoms with Crippen LogP contribution in [0.5, 0.6) is 34.5 Å². The zero-order chi connectivity index (χ0) is 93.9. The van der Waals surface area contributed by atoms with Gasteiger partial charge in [0.2, 0.25) is 5.91 Å². The van der Waals surface area contributed by atoms with Crippen LogP contribution in [0.4, 0.5) is 5.69 Å². The number of aryl methyl sites for hydroxylation is 1. The van der Waals surface area contributed by atoms with Crippen molar-refractivity contribution in [2.75, 3.05) is 231 Å². The number of amides is 1. The summed E-state index contributed by atoms with van der Waals surface area (Å²) < 4.78 is 76.4. The highest BCUT2D eigenvalue weighted by molar-refractivity contribution is 6.43. The Kier molecular flexibility index (Phi) is 38.7. The molecule has 0 bridgehead atoms. The Balaban J connectivity index is 0.000000152. The maximum Gasteiger partial charge on any atom is 0.379 e. The van der Waals surface area contributed by atoms with Crippen molar-refractivity contribution < 1.29 is 105 Å². The number of anilines is 1. The molecule has 1 amide bonds. The van der Waals surface area contributed by atoms with Crippen molar-refractivity contribution in [3.05, 3.63) is 233 Å². The molecule has 0 aromatic heterocycles. The number of nitrogens with zero attached hydrogens (tertiary/aromatic N) is 5. The Labute approximate surface area is 777 Å². The van der Waals surface area contributed by atoms with Crippen LogP contribution in [-0.4, -0.2) is 296 Å². The van der Waals surface area contributed by atoms with E-state index in [4.69, 9.17) is 61.9 Å². The number of ketones is 1. The summed E-state index contributed by atoms with van der Waals surface area (Å²) >= 11 is 0. The van der Waals surface area contributed by atoms with Crippen molar-refractivity contribution in [1.29, 1.82) is 0 Å². The number of hydrogen-bond donors (Lipinski definition) is 3. The first-order valence-corrected chi connectivity index (χ1v) is 45.5. The topological polar surface area (TPSA) is 300 Å². The van der Waals surface area contributed by atoms with Crippen molar-refractivity contribution >= 4 is 95.1 Å². The number of hydrogen-bond acceptors (Lipinski definition) is 26. The third-order valence-corrected chi connectivity index (χ3v) is 23.8. The standard InChI is InChI=1S/C30H38N2O4.C19H23NO5.C19H21NO5.C19H23NO4.C18H21NO4/c1-21-18-23(30(2,3)4)20-26(29(21)34-5)31-28(33)19-22-10-11-27(25-9-7-6-8-24(22)25)36-17-14-32-12-15-35-16-13-32;2*1-23-19(22)18(21)16-6-7-17(15-5-3-2-4-14(15)16)25-13-10-20-8-11-24-12-9-20;1-22-19(21)14-15-6-7-18(17-5-3-2-4-16(15)17)24-13-10-20-8-11-23-12-9-20;20-18(21)13-14-5-6-17(16-4-2-1-3-15(14)16)23-12-9-19-7-10-22-11-8-19/h6-11,18,20H,12-17,19H2,1-5H3,(H,31,33);2-7,18,21H,8-13H2,1H3;2-7H,8-13H2,1H3;2-7H,8-14H2,1H3;1-6H,7-13H2,(H,20,21). The van der Waals surface area contributed by atoms with Crippen LogP contribution in [0.2, 0.25) is 0 Å². The van der Waals surface area contributed by atoms with Gasteiger partial charge in [-0.1, -0.05) is 172 Å². The van der Waals surface area contributed by atoms with Crippen LogP contribution in [0.3, 0.4) is 0 Å². The summed E-state index contributed by atoms with van der Waals surface area (Å²) in [6.07, 6.45) is -0.756. The second-order valence-corrected chi connectivity index (χ2v) is 33.6. The Morgan fingerprint density at radius 1 is 0.383 bits per heavy atom. The molecule has 28 nitrogen and oxygen atoms in total. The predicted octanol–water partition coefficient (Wildman–Crippen LogP) is 13.5. The minimum absolute atomic E-state index is 0.0224. The lowest BCUT2D eigenvalue weighted by molar-refractivity contribution is -0.150. The van der Waals surface area contributed by atoms with Crippen LogP contribution >= 0.6 is 0 Å². The number of nitrogens with one attached hydrogen (secondary N) is 1. The van der Waals surface area contributed by atoms with Crippen molar-refractivity contribution in [3.8, 4) is 34.5 Å². The molecule has 708 valence electrons. The van der Waals surface area contributed by atoms with Crippen LogP contribution in [0.15, 0.2) is 194 Å². The maximum atomic E-state index is 13.2. The number of aliphatic hydroxyl groups excluding tert-OH is 1. The number of rotatable bonds is 32. The second kappa shape index (κ2) is 51.4. The van der Waals surface area contributed by atoms with Crippen molar-refractivity contribution in [1.82, 2.24) is 24.5 Å². The fourth-order valence-corrected chi connectivity index (χ4v) is 16.4. The minimum atomic E-state index is -1.31. The molecule has 1 unspecified atom stereocenters. The molecule has 0 saturated carbocycles. The first-order chi connectivity index (χ1) is 64.7. The van der Waals surface area contributed by atoms with Gasteiger partial charge >= 0.3 is 23.9 Å². The van der Waals surface area contributed by atoms with E-state index >= 15 is 0 Å². The van der Waals surface area contributed by atoms with Gasteiger partial charge in [-0.15, -0.1) is 0 Å². The number of methoxy groups -OCH3 is 4. The summed E-state index contributed by atoms with van der Waals surface area (Å²) in [6.45, 7) is 32.9. The number of Topliss-reactive ketones (excluding diaryl/α,β-unsaturated/α-hetero) is 1. The Bertz CT molecular complexity index is 5660. The summed E-state index contributed by atoms with van der Waals surface area (Å²) in [4.78, 5) is 82.8. The molecule has 5 aliphatic heterocycles. The number of carboxylic acid groups (broad SMARTS) is 1. The van der Waals surface area contributed by atoms with E-state index in [0.717, 1.165) is 264 Å². The molecule has 5 aliphatic rings. The molecule has 5 fully saturated rings. The molecule has 3 N–H and O–H groups in total. The van der Waals surface area contributed by atoms with Gasteiger partial charge < -0.3 is 81.8 Å². The minimum Gasteiger partial charge on any atom is -0.494 e. The number of aliphatic carboxylic acids is 1. The van der Waals surface area contributed by atoms with Gasteiger partial charge in [-0.05, 0) is 115 Å². The number of benzene rings is 11. The van der Waals surface area contributed by atoms with Crippen molar-refractivity contribution in [2.45, 2.75) is 58.5 Å². The fraction of sp³-hybridized carbons (Fsp3) is 0.410. The molecule has 0 aliphatic carbocycles. The number of morpholine rings is 5. The molecular formula is C105H126N6O22. The number of esters is 3. The van der Waals surface area contributed by atoms with E-state index in [1.165, 1.54) is 21.3 Å². The van der Waals surface area contributed by atoms with E-state index in [9.17, 15) is 33.9 Å². The summed E-state index contributed by atoms with van der Waals surface area (Å²) in [5, 5.41) is 31.5. The molecule has 1 atom stereocenters. The van der Waals surface area contributed by atoms with Gasteiger partial charge in [0.1, 0.15) is 67.5 Å². The van der Waals surface area contributed by atoms with Gasteiger partial charge in [-0.3, -0.25) is 43.7 Å². The van der Waals surface area contributed by atoms with Gasteiger partial charge in [0, 0.05) is 131 Å². The lowest BCUT2D eigenvalue weighted by atomic mass is 9.85. The molecule has 11 aromatic rings. The Morgan fingerprint density at radius 2 is 0.707 bits per heavy atom. The largest absolute Gasteiger partial charge is 0.494 e. The van der Waals surface area contributed by atoms with Crippen LogP contribution in [0.1, 0.15) is 70.6 Å². The van der Waals surface area contributed by atoms with Crippen LogP contribution in [0.25, 0.3) is 53.9 Å². The summed E-state index contributed by atoms with van der Waals surface area (Å²) in [5.74, 6) is 1.31. The summed E-state index contributed by atoms with van der Waals surface area (Å²) in [7, 11) is 5.51. The van der Waals surface area contributed by atoms with Crippen LogP contribution in [0, 0.1) is 6.92 Å². The number of ether oxygens (including phenoxy) is 14. The van der Waals surface area contributed by atoms with E-state index in [2.05, 4.69) is 78.3 Å². The lowest BCUT2D eigenvalue weighted by Crippen LogP contribution is -2.38. The van der Waals surface area contributed by atoms with Gasteiger partial charge in [-0.2, -0.15) is 0 Å². The Morgan fingerprint density at radius 3 is 1.05 bits per heavy atom. The molecule has 5 heterocycles. The zero-order valence-electron chi connectivity index (χ0n) is 77.7. The highest BCUT2D eigenvalue weighted by Gasteiger charge is 2.27. The molecule has 133 heavy (non-hydrogen) atoms. The van der Waals surface area contributed by atoms with E-state index < -0.39 is 29.8 Å². The average Bonchev–Trinajstić information content (AvgIpc) is 0.794. The first kappa shape index (κ1) is 100. The number of carbonyl (C=O) groups is 6. The smallest absolute Gasteiger partial charge is 0.379 e. The highest BCUT2D eigenvalue weighted by Crippen LogP contribution is 2.39. The van der Waals surface area contributed by atoms with Crippen LogP contribution in [-0.2, 0) is 86.5 Å². The predicted molar refractivity (Wildman–Crippen MR) is 513 cm³/mol. The van der Waals surface area contributed by atoms with Crippen LogP contribution < -0.4 is 33.7 Å². The number of fused-ring (bicyclic) bond motifs is 5. The molecule has 5 saturated heterocycles. The number of carbonyl (C=O) groups excluding carboxylic acids is 5. The van der Waals surface area contributed by atoms with Gasteiger partial charge in [-0.25, -0.2) is 9.59 Å². The van der Waals surface area contributed by atoms with Crippen molar-refractivity contribution in [2.24, 2.45) is 0 Å². The second-order valence-electron chi connectivity index (χ2n) is 33.6. The number of carboxylic acids is 1. The third kappa shape index (κ3) is 29.1. The third-order valence-electron chi connectivity index (χ3n) is 23.8. The Hall–Kier alpha value is -11.9. The van der Waals surface area contributed by atoms with Gasteiger partial charge in [0.25, 0.3) is 5.78 Å². The maximum absolute atomic E-state index is 13.2. The van der Waals surface area contributed by atoms with E-state index in [1.807, 2.05) is 153 Å². The molecule has 28 heteroatoms. The lowest BCUT2D eigenvalue weighted by Gasteiger charge is -2.26. The zero-order valence-corrected chi connectivity index (χ0v) is 77.7. The molecule has 16 rings (SSSR count). The molecule has 0 spiro atoms. The molecule has 11 aromatic carbocycles. The van der Waals surface area contributed by atoms with Crippen molar-refractivity contribution in [3.63, 3.8) is 0 Å². The van der Waals surface area contributed by atoms with Gasteiger partial charge in [0.05, 0.1) is 119 Å². The normalized spacial score (nSPS) is 15.4. The molecular weight excluding hydrogens is 1700 g/mol. The highest BCUT2D eigenvalue weighted by atomic mass is 16.5. The van der Waals surface area contributed by atoms with E-state index in [0.29, 0.717) is 66.7 Å². The SMILES string of the molecule is COC(=O)C(=O)c1ccc(OCCN2CCOCC2)c2ccccc12.COC(=O)C(O)c1ccc(OCCN2CCOCC2)c2ccccc12.COC(=O)Cc1ccc(OCCN2CCOCC2)c2ccccc12.COc1c(C)cc(C(C)(C)C)cc1NC(=O)Cc1ccc(OCCN2CCOCC2)c2ccccc12.O=C(O)Cc1ccc(OCCN2CCOCC2)c2ccccc12. The summed E-state index contributed by atoms with van der Waals surface area (Å²) in [5.41, 5.74) is 6.40. The van der Waals surface area contributed by atoms with Gasteiger partial charge in [0.15, 0.2) is 6.10 Å². The van der Waals surface area contributed by atoms with E-state index in [1.54, 1.807) is 37.4 Å². The summed E-state index contributed by atoms with van der Waals surface area (Å²) in [6, 6.07) is 61.5. The van der Waals surface area contributed by atoms with E-state index in [-0.39, 0.29) is 36.6 Å². The monoisotopic (exact) mass is 1820 g/mol. The molecule has 0 radical (unpaired) electrons. The first-order valence-electron chi connectivity index (χ1n) is 45.5. The number of aliphatic hydroxyl groups is 1.